The van der Waals surface area contributed by atoms with E-state index in [1.165, 1.54) is 0 Å². The van der Waals surface area contributed by atoms with Crippen molar-refractivity contribution < 1.29 is 89.4 Å². The van der Waals surface area contributed by atoms with Gasteiger partial charge in [0.25, 0.3) is 0 Å². The van der Waals surface area contributed by atoms with Crippen molar-refractivity contribution in [3.63, 3.8) is 0 Å². The Balaban J connectivity index is 1.15. The van der Waals surface area contributed by atoms with Crippen LogP contribution in [0.15, 0.2) is 12.2 Å². The first-order chi connectivity index (χ1) is 27.1. The molecule has 332 valence electrons. The van der Waals surface area contributed by atoms with Crippen LogP contribution in [0.2, 0.25) is 0 Å². The minimum absolute atomic E-state index is 0.382. The first-order valence-electron chi connectivity index (χ1n) is 20.6. The van der Waals surface area contributed by atoms with Crippen molar-refractivity contribution >= 4 is 5.97 Å². The second-order valence-corrected chi connectivity index (χ2v) is 19.1. The average Bonchev–Trinajstić information content (AvgIpc) is 3.44. The molecule has 3 saturated heterocycles. The fourth-order valence-electron chi connectivity index (χ4n) is 12.6. The largest absolute Gasteiger partial charge is 0.432 e. The van der Waals surface area contributed by atoms with Gasteiger partial charge in [0.2, 0.25) is 6.29 Å². The van der Waals surface area contributed by atoms with Gasteiger partial charge in [0.1, 0.15) is 73.2 Å². The van der Waals surface area contributed by atoms with Crippen molar-refractivity contribution in [1.29, 1.82) is 0 Å². The summed E-state index contributed by atoms with van der Waals surface area (Å²) >= 11 is 0. The summed E-state index contributed by atoms with van der Waals surface area (Å²) in [5, 5.41) is 115. The van der Waals surface area contributed by atoms with Gasteiger partial charge in [-0.2, -0.15) is 0 Å². The molecule has 0 radical (unpaired) electrons. The lowest BCUT2D eigenvalue weighted by atomic mass is 9.30. The third kappa shape index (κ3) is 6.23. The molecule has 0 amide bonds. The van der Waals surface area contributed by atoms with Gasteiger partial charge < -0.3 is 84.6 Å². The summed E-state index contributed by atoms with van der Waals surface area (Å²) in [6.45, 7) is 11.0. The van der Waals surface area contributed by atoms with Crippen LogP contribution in [0.3, 0.4) is 0 Å². The molecule has 7 aliphatic rings. The molecule has 4 aliphatic carbocycles. The van der Waals surface area contributed by atoms with E-state index in [9.17, 15) is 61.0 Å². The van der Waals surface area contributed by atoms with Gasteiger partial charge in [0, 0.05) is 0 Å². The summed E-state index contributed by atoms with van der Waals surface area (Å²) in [5.74, 6) is -0.604. The molecule has 0 aromatic heterocycles. The highest BCUT2D eigenvalue weighted by atomic mass is 16.8. The van der Waals surface area contributed by atoms with Gasteiger partial charge >= 0.3 is 5.97 Å². The van der Waals surface area contributed by atoms with Crippen molar-refractivity contribution in [1.82, 2.24) is 0 Å². The Morgan fingerprint density at radius 3 is 1.72 bits per heavy atom. The van der Waals surface area contributed by atoms with Gasteiger partial charge in [0.15, 0.2) is 12.6 Å². The number of ether oxygens (including phenoxy) is 6. The predicted molar refractivity (Wildman–Crippen MR) is 196 cm³/mol. The number of esters is 1. The Bertz CT molecular complexity index is 1550. The molecule has 18 heteroatoms. The molecule has 1 spiro atoms. The van der Waals surface area contributed by atoms with E-state index in [4.69, 9.17) is 28.4 Å². The van der Waals surface area contributed by atoms with Crippen molar-refractivity contribution in [2.45, 2.75) is 183 Å². The minimum Gasteiger partial charge on any atom is -0.432 e. The highest BCUT2D eigenvalue weighted by Gasteiger charge is 2.77. The Morgan fingerprint density at radius 1 is 0.621 bits per heavy atom. The van der Waals surface area contributed by atoms with Gasteiger partial charge in [-0.25, -0.2) is 0 Å². The molecule has 0 aromatic rings. The van der Waals surface area contributed by atoms with Crippen LogP contribution < -0.4 is 0 Å². The number of hydrogen-bond donors (Lipinski definition) is 11. The maximum absolute atomic E-state index is 14.4. The third-order valence-electron chi connectivity index (χ3n) is 17.0. The van der Waals surface area contributed by atoms with Crippen LogP contribution in [0.5, 0.6) is 0 Å². The van der Waals surface area contributed by atoms with Gasteiger partial charge in [-0.05, 0) is 85.5 Å². The van der Waals surface area contributed by atoms with Crippen LogP contribution in [-0.4, -0.2) is 180 Å². The number of carbonyl (C=O) groups excluding carboxylic acids is 1. The number of carbonyl (C=O) groups is 1. The van der Waals surface area contributed by atoms with E-state index in [0.29, 0.717) is 51.4 Å². The van der Waals surface area contributed by atoms with Crippen molar-refractivity contribution in [2.24, 2.45) is 27.1 Å². The number of fused-ring (bicyclic) bond motifs is 3. The quantitative estimate of drug-likeness (QED) is 0.0670. The topological polar surface area (TPSA) is 295 Å². The SMILES string of the molecule is C=C1C[C@@]23CC[C@@]4(C)[C@@](C)(CCC[C@@]4(C)C(=O)O[C@@H]4O[C@H](CO)[C@@H](O)[C@H](O)[C@H]4O)[C@]2(C)CC[C@]1(O[C@@H]1O[C@H](CO)[C@@H](O)[C@H](O)[C@H]1O[C@H]1O[C@H](CO)[C@@H](O)[C@H](O)[C@H]1O)C3. The predicted octanol–water partition coefficient (Wildman–Crippen LogP) is -2.16. The van der Waals surface area contributed by atoms with Crippen molar-refractivity contribution in [3.8, 4) is 0 Å². The standard InChI is InChI=1S/C40H64O18/c1-18-13-39-11-9-36(3)35(2,34(52)57-32-29(51)26(48)23(45)20(15-42)54-32)7-6-8-37(36,4)38(39,5)10-12-40(18,17-39)58-33-30(27(49)24(46)21(16-43)55-33)56-31-28(50)25(47)22(44)19(14-41)53-31/h19-33,41-51H,1,6-17H2,2-5H3/t19-,20-,21-,22-,23-,24-,25+,26+,27+,28-,29-,30-,31-,32+,33+,35+,36-,37-,38+,39-,40+/m1/s1. The zero-order valence-corrected chi connectivity index (χ0v) is 33.6. The maximum atomic E-state index is 14.4. The van der Waals surface area contributed by atoms with E-state index in [0.717, 1.165) is 12.0 Å². The monoisotopic (exact) mass is 832 g/mol. The molecule has 21 atom stereocenters. The van der Waals surface area contributed by atoms with E-state index in [1.54, 1.807) is 0 Å². The Kier molecular flexibility index (Phi) is 11.9. The molecule has 4 saturated carbocycles. The molecule has 3 aliphatic heterocycles. The summed E-state index contributed by atoms with van der Waals surface area (Å²) in [4.78, 5) is 14.4. The molecule has 18 nitrogen and oxygen atoms in total. The lowest BCUT2D eigenvalue weighted by Gasteiger charge is -2.74. The van der Waals surface area contributed by atoms with E-state index in [-0.39, 0.29) is 5.41 Å². The van der Waals surface area contributed by atoms with Gasteiger partial charge in [0.05, 0.1) is 30.8 Å². The molecule has 58 heavy (non-hydrogen) atoms. The normalized spacial score (nSPS) is 55.7. The van der Waals surface area contributed by atoms with Crippen LogP contribution in [0.4, 0.5) is 0 Å². The molecule has 11 N–H and O–H groups in total. The molecule has 7 rings (SSSR count). The smallest absolute Gasteiger partial charge is 0.314 e. The molecule has 3 heterocycles. The van der Waals surface area contributed by atoms with E-state index in [2.05, 4.69) is 27.4 Å². The zero-order valence-electron chi connectivity index (χ0n) is 33.6. The second-order valence-electron chi connectivity index (χ2n) is 19.1. The molecule has 0 aromatic carbocycles. The van der Waals surface area contributed by atoms with Gasteiger partial charge in [-0.1, -0.05) is 33.8 Å². The number of hydrogen-bond acceptors (Lipinski definition) is 18. The average molecular weight is 833 g/mol. The van der Waals surface area contributed by atoms with Gasteiger partial charge in [-0.3, -0.25) is 4.79 Å². The molecular formula is C40H64O18. The van der Waals surface area contributed by atoms with Crippen LogP contribution in [-0.2, 0) is 33.2 Å². The second kappa shape index (κ2) is 15.4. The molecule has 7 fully saturated rings. The number of rotatable bonds is 9. The first-order valence-corrected chi connectivity index (χ1v) is 20.6. The first kappa shape index (κ1) is 44.6. The lowest BCUT2D eigenvalue weighted by molar-refractivity contribution is -0.379. The summed E-state index contributed by atoms with van der Waals surface area (Å²) in [6.07, 6.45) is -18.4. The fourth-order valence-corrected chi connectivity index (χ4v) is 12.6. The third-order valence-corrected chi connectivity index (χ3v) is 17.0. The van der Waals surface area contributed by atoms with Crippen molar-refractivity contribution in [3.05, 3.63) is 12.2 Å². The summed E-state index contributed by atoms with van der Waals surface area (Å²) in [7, 11) is 0. The summed E-state index contributed by atoms with van der Waals surface area (Å²) < 4.78 is 35.9. The van der Waals surface area contributed by atoms with Crippen LogP contribution in [0.25, 0.3) is 0 Å². The van der Waals surface area contributed by atoms with E-state index >= 15 is 0 Å². The Morgan fingerprint density at radius 2 is 1.14 bits per heavy atom. The highest BCUT2D eigenvalue weighted by molar-refractivity contribution is 5.78. The van der Waals surface area contributed by atoms with Crippen molar-refractivity contribution in [2.75, 3.05) is 19.8 Å². The molecular weight excluding hydrogens is 768 g/mol. The fraction of sp³-hybridized carbons (Fsp3) is 0.925. The highest BCUT2D eigenvalue weighted by Crippen LogP contribution is 2.82. The van der Waals surface area contributed by atoms with Gasteiger partial charge in [-0.15, -0.1) is 0 Å². The van der Waals surface area contributed by atoms with Crippen LogP contribution >= 0.6 is 0 Å². The molecule has 0 unspecified atom stereocenters. The number of aliphatic hydroxyl groups excluding tert-OH is 11. The maximum Gasteiger partial charge on any atom is 0.314 e. The van der Waals surface area contributed by atoms with Crippen LogP contribution in [0, 0.1) is 27.1 Å². The summed E-state index contributed by atoms with van der Waals surface area (Å²) in [5.41, 5.74) is -3.19. The van der Waals surface area contributed by atoms with E-state index < -0.39 is 145 Å². The zero-order chi connectivity index (χ0) is 42.5. The summed E-state index contributed by atoms with van der Waals surface area (Å²) in [6, 6.07) is 0. The molecule has 2 bridgehead atoms. The Hall–Kier alpha value is -1.43. The van der Waals surface area contributed by atoms with Crippen LogP contribution in [0.1, 0.15) is 85.5 Å². The minimum atomic E-state index is -1.82. The van der Waals surface area contributed by atoms with E-state index in [1.807, 2.05) is 6.92 Å². The lowest BCUT2D eigenvalue weighted by Crippen LogP contribution is -2.70. The number of aliphatic hydroxyl groups is 11. The Labute approximate surface area is 337 Å².